The number of nitrogens with zero attached hydrogens (tertiary/aromatic N) is 10. The van der Waals surface area contributed by atoms with Crippen LogP contribution in [-0.4, -0.2) is 96.3 Å². The molecule has 2 N–H and O–H groups in total. The minimum Gasteiger partial charge on any atom is -0.378 e. The Balaban J connectivity index is 1.17. The number of benzene rings is 8. The van der Waals surface area contributed by atoms with E-state index in [9.17, 15) is 0 Å². The highest BCUT2D eigenvalue weighted by molar-refractivity contribution is 6.14. The summed E-state index contributed by atoms with van der Waals surface area (Å²) in [6.45, 7) is 0. The lowest BCUT2D eigenvalue weighted by atomic mass is 9.95. The van der Waals surface area contributed by atoms with E-state index < -0.39 is 0 Å². The van der Waals surface area contributed by atoms with Crippen molar-refractivity contribution in [3.8, 4) is 90.1 Å². The Morgan fingerprint density at radius 1 is 0.263 bits per heavy atom. The molecule has 13 rings (SSSR count). The predicted octanol–water partition coefficient (Wildman–Crippen LogP) is 13.8. The van der Waals surface area contributed by atoms with Gasteiger partial charge in [0, 0.05) is 123 Å². The molecule has 76 heavy (non-hydrogen) atoms. The van der Waals surface area contributed by atoms with E-state index in [1.54, 1.807) is 0 Å². The summed E-state index contributed by atoms with van der Waals surface area (Å²) < 4.78 is 0. The van der Waals surface area contributed by atoms with Crippen LogP contribution in [0.3, 0.4) is 0 Å². The summed E-state index contributed by atoms with van der Waals surface area (Å²) in [5, 5.41) is 3.62. The van der Waals surface area contributed by atoms with Gasteiger partial charge in [-0.3, -0.25) is 0 Å². The summed E-state index contributed by atoms with van der Waals surface area (Å²) in [5.41, 5.74) is 18.6. The minimum atomic E-state index is 0.533. The molecule has 0 unspecified atom stereocenters. The molecule has 0 fully saturated rings. The molecule has 12 heteroatoms. The maximum absolute atomic E-state index is 5.56. The van der Waals surface area contributed by atoms with Gasteiger partial charge >= 0.3 is 0 Å². The monoisotopic (exact) mass is 990 g/mol. The van der Waals surface area contributed by atoms with Crippen LogP contribution in [0.1, 0.15) is 0 Å². The lowest BCUT2D eigenvalue weighted by Gasteiger charge is -2.14. The highest BCUT2D eigenvalue weighted by atomic mass is 15.1. The maximum Gasteiger partial charge on any atom is 0.165 e. The first-order valence-electron chi connectivity index (χ1n) is 25.4. The molecule has 0 saturated heterocycles. The molecule has 11 aromatic rings. The summed E-state index contributed by atoms with van der Waals surface area (Å²) in [6, 6.07) is 59.9. The molecule has 370 valence electrons. The Hall–Kier alpha value is -9.68. The van der Waals surface area contributed by atoms with Gasteiger partial charge in [-0.1, -0.05) is 121 Å². The van der Waals surface area contributed by atoms with E-state index in [4.69, 9.17) is 29.9 Å². The Morgan fingerprint density at radius 2 is 0.539 bits per heavy atom. The lowest BCUT2D eigenvalue weighted by Crippen LogP contribution is -2.07. The minimum absolute atomic E-state index is 0.533. The van der Waals surface area contributed by atoms with Crippen LogP contribution in [0.2, 0.25) is 0 Å². The molecular weight excluding hydrogens is 937 g/mol. The Labute approximate surface area is 440 Å². The largest absolute Gasteiger partial charge is 0.378 e. The number of anilines is 4. The molecule has 12 nitrogen and oxygen atoms in total. The van der Waals surface area contributed by atoms with Crippen molar-refractivity contribution < 1.29 is 0 Å². The summed E-state index contributed by atoms with van der Waals surface area (Å²) in [5.74, 6) is 2.14. The first-order chi connectivity index (χ1) is 36.9. The molecule has 5 heterocycles. The van der Waals surface area contributed by atoms with E-state index in [1.807, 2.05) is 0 Å². The average Bonchev–Trinajstić information content (AvgIpc) is 4.22. The highest BCUT2D eigenvalue weighted by Crippen LogP contribution is 2.45. The van der Waals surface area contributed by atoms with Crippen molar-refractivity contribution in [3.63, 3.8) is 0 Å². The van der Waals surface area contributed by atoms with Gasteiger partial charge in [-0.25, -0.2) is 29.9 Å². The molecule has 2 aliphatic heterocycles. The normalized spacial score (nSPS) is 11.7. The number of nitrogens with one attached hydrogen (secondary N) is 2. The molecule has 0 radical (unpaired) electrons. The van der Waals surface area contributed by atoms with Gasteiger partial charge in [-0.2, -0.15) is 0 Å². The van der Waals surface area contributed by atoms with Crippen molar-refractivity contribution in [2.75, 3.05) is 76.0 Å². The number of fused-ring (bicyclic) bond motifs is 20. The Bertz CT molecular complexity index is 3990. The van der Waals surface area contributed by atoms with Crippen LogP contribution in [-0.2, 0) is 0 Å². The molecule has 0 spiro atoms. The highest BCUT2D eigenvalue weighted by Gasteiger charge is 2.27. The van der Waals surface area contributed by atoms with Crippen LogP contribution in [0.5, 0.6) is 0 Å². The first kappa shape index (κ1) is 46.1. The van der Waals surface area contributed by atoms with Crippen molar-refractivity contribution in [2.24, 2.45) is 0 Å². The number of rotatable bonds is 8. The summed E-state index contributed by atoms with van der Waals surface area (Å²) >= 11 is 0. The van der Waals surface area contributed by atoms with Crippen LogP contribution in [0.25, 0.3) is 134 Å². The maximum atomic E-state index is 5.56. The molecular formula is C64H54N12. The van der Waals surface area contributed by atoms with Crippen molar-refractivity contribution in [3.05, 3.63) is 170 Å². The van der Waals surface area contributed by atoms with Gasteiger partial charge < -0.3 is 29.6 Å². The second kappa shape index (κ2) is 18.1. The number of aromatic nitrogens is 8. The van der Waals surface area contributed by atoms with Crippen LogP contribution in [0.15, 0.2) is 170 Å². The topological polar surface area (TPSA) is 122 Å². The third kappa shape index (κ3) is 7.76. The Morgan fingerprint density at radius 3 is 0.868 bits per heavy atom. The summed E-state index contributed by atoms with van der Waals surface area (Å²) in [7, 11) is 16.4. The van der Waals surface area contributed by atoms with Crippen molar-refractivity contribution in [1.29, 1.82) is 0 Å². The molecule has 8 aromatic carbocycles. The fraction of sp³-hybridized carbons (Fsp3) is 0.125. The zero-order chi connectivity index (χ0) is 51.9. The van der Waals surface area contributed by atoms with Crippen molar-refractivity contribution >= 4 is 66.9 Å². The predicted molar refractivity (Wildman–Crippen MR) is 315 cm³/mol. The van der Waals surface area contributed by atoms with Crippen LogP contribution in [0, 0.1) is 0 Å². The Kier molecular flexibility index (Phi) is 11.0. The van der Waals surface area contributed by atoms with E-state index in [1.165, 1.54) is 0 Å². The number of hydrogen-bond donors (Lipinski definition) is 2. The van der Waals surface area contributed by atoms with Gasteiger partial charge in [0.05, 0.1) is 0 Å². The number of aromatic amines is 2. The van der Waals surface area contributed by atoms with Crippen molar-refractivity contribution in [1.82, 2.24) is 39.9 Å². The zero-order valence-corrected chi connectivity index (χ0v) is 43.6. The summed E-state index contributed by atoms with van der Waals surface area (Å²) in [6.07, 6.45) is 0. The quantitative estimate of drug-likeness (QED) is 0.152. The molecule has 8 bridgehead atoms. The van der Waals surface area contributed by atoms with Crippen LogP contribution in [0.4, 0.5) is 22.7 Å². The number of H-pyrrole nitrogens is 2. The summed E-state index contributed by atoms with van der Waals surface area (Å²) in [4.78, 5) is 49.0. The molecule has 0 saturated carbocycles. The van der Waals surface area contributed by atoms with E-state index in [0.717, 1.165) is 111 Å². The molecule has 3 aromatic heterocycles. The van der Waals surface area contributed by atoms with E-state index in [2.05, 4.69) is 256 Å². The smallest absolute Gasteiger partial charge is 0.165 e. The zero-order valence-electron chi connectivity index (χ0n) is 43.6. The van der Waals surface area contributed by atoms with Gasteiger partial charge in [0.2, 0.25) is 0 Å². The van der Waals surface area contributed by atoms with Crippen LogP contribution < -0.4 is 19.6 Å². The third-order valence-corrected chi connectivity index (χ3v) is 14.7. The number of hydrogen-bond acceptors (Lipinski definition) is 10. The second-order valence-electron chi connectivity index (χ2n) is 20.3. The van der Waals surface area contributed by atoms with E-state index >= 15 is 0 Å². The molecule has 2 aliphatic rings. The van der Waals surface area contributed by atoms with Gasteiger partial charge in [-0.15, -0.1) is 0 Å². The van der Waals surface area contributed by atoms with E-state index in [0.29, 0.717) is 45.9 Å². The van der Waals surface area contributed by atoms with Gasteiger partial charge in [0.25, 0.3) is 0 Å². The van der Waals surface area contributed by atoms with Gasteiger partial charge in [-0.05, 0) is 93.0 Å². The molecule has 0 aliphatic carbocycles. The molecule has 0 atom stereocenters. The second-order valence-corrected chi connectivity index (χ2v) is 20.3. The fourth-order valence-electron chi connectivity index (χ4n) is 10.7. The third-order valence-electron chi connectivity index (χ3n) is 14.7. The van der Waals surface area contributed by atoms with E-state index in [-0.39, 0.29) is 0 Å². The van der Waals surface area contributed by atoms with Crippen LogP contribution >= 0.6 is 0 Å². The molecule has 0 amide bonds. The standard InChI is InChI=1S/C64H54N12/c1-73(2)41-29-21-37(22-30-41)45-13-9-17-49-53(45)61-65-57(49)70-62-55-47(39-25-33-43(34-26-39)75(5)6)15-11-19-51(55)59(67-62)72-64-56-48(40-27-35-44(36-28-40)76(7)8)16-12-20-52(56)60(68-64)71-63-54-46(14-10-18-50(54)58(66-63)69-61)38-23-31-42(32-24-38)74(3)4/h9-36H,1-8H3,(H2,65,66,67,68,69,70,71,72). The van der Waals surface area contributed by atoms with Gasteiger partial charge in [0.15, 0.2) is 23.3 Å². The van der Waals surface area contributed by atoms with Crippen molar-refractivity contribution in [2.45, 2.75) is 0 Å². The first-order valence-corrected chi connectivity index (χ1v) is 25.4. The fourth-order valence-corrected chi connectivity index (χ4v) is 10.7. The SMILES string of the molecule is CN(C)c1ccc(-c2cccc3c2-c2nc-3nc3[nH]c(nc4nc(nc5[nH]c(n2)c2cccc(-c6ccc(N(C)C)cc6)c52)-c2cccc(-c5ccc(N(C)C)cc5)c2-4)c2cccc(-c4ccc(N(C)C)cc4)c32)cc1. The lowest BCUT2D eigenvalue weighted by molar-refractivity contribution is 1.13. The average molecular weight is 991 g/mol. The van der Waals surface area contributed by atoms with Gasteiger partial charge in [0.1, 0.15) is 22.6 Å².